The second kappa shape index (κ2) is 2.02. The van der Waals surface area contributed by atoms with Crippen molar-refractivity contribution in [3.8, 4) is 12.3 Å². The van der Waals surface area contributed by atoms with Gasteiger partial charge >= 0.3 is 0 Å². The highest BCUT2D eigenvalue weighted by Gasteiger charge is 2.36. The fraction of sp³-hybridized carbons (Fsp3) is 0.714. The molecule has 0 aliphatic carbocycles. The molecule has 0 spiro atoms. The molecule has 9 heavy (non-hydrogen) atoms. The van der Waals surface area contributed by atoms with Crippen LogP contribution in [-0.2, 0) is 0 Å². The molecule has 50 valence electrons. The van der Waals surface area contributed by atoms with Crippen LogP contribution in [0.2, 0.25) is 0 Å². The lowest BCUT2D eigenvalue weighted by atomic mass is 9.92. The van der Waals surface area contributed by atoms with E-state index >= 15 is 0 Å². The molecule has 0 aromatic carbocycles. The summed E-state index contributed by atoms with van der Waals surface area (Å²) in [4.78, 5) is 2.09. The van der Waals surface area contributed by atoms with Crippen molar-refractivity contribution in [2.45, 2.75) is 5.54 Å². The summed E-state index contributed by atoms with van der Waals surface area (Å²) in [6.45, 7) is 1.85. The van der Waals surface area contributed by atoms with Gasteiger partial charge in [0.25, 0.3) is 0 Å². The van der Waals surface area contributed by atoms with Crippen molar-refractivity contribution in [2.75, 3.05) is 27.2 Å². The van der Waals surface area contributed by atoms with Crippen LogP contribution in [0.1, 0.15) is 0 Å². The van der Waals surface area contributed by atoms with Gasteiger partial charge in [0.1, 0.15) is 5.54 Å². The predicted molar refractivity (Wildman–Crippen MR) is 38.1 cm³/mol. The maximum atomic E-state index is 5.34. The molecular weight excluding hydrogens is 112 g/mol. The van der Waals surface area contributed by atoms with Crippen LogP contribution in [0, 0.1) is 12.3 Å². The molecule has 2 heteroatoms. The molecular formula is C7H12N2. The number of rotatable bonds is 1. The van der Waals surface area contributed by atoms with Crippen molar-refractivity contribution in [2.24, 2.45) is 0 Å². The highest BCUT2D eigenvalue weighted by atomic mass is 15.2. The Bertz CT molecular complexity index is 139. The van der Waals surface area contributed by atoms with E-state index in [1.165, 1.54) is 0 Å². The smallest absolute Gasteiger partial charge is 0.107 e. The lowest BCUT2D eigenvalue weighted by Gasteiger charge is -2.43. The first-order chi connectivity index (χ1) is 4.21. The van der Waals surface area contributed by atoms with E-state index in [9.17, 15) is 0 Å². The Morgan fingerprint density at radius 3 is 2.11 bits per heavy atom. The van der Waals surface area contributed by atoms with Gasteiger partial charge < -0.3 is 5.32 Å². The number of terminal acetylenes is 1. The summed E-state index contributed by atoms with van der Waals surface area (Å²) in [5, 5.41) is 3.15. The first-order valence-electron chi connectivity index (χ1n) is 3.07. The van der Waals surface area contributed by atoms with Crippen molar-refractivity contribution >= 4 is 0 Å². The van der Waals surface area contributed by atoms with E-state index in [2.05, 4.69) is 16.1 Å². The Balaban J connectivity index is 2.60. The molecule has 0 amide bonds. The van der Waals surface area contributed by atoms with Crippen LogP contribution < -0.4 is 5.32 Å². The van der Waals surface area contributed by atoms with Crippen LogP contribution >= 0.6 is 0 Å². The number of likely N-dealkylation sites (N-methyl/N-ethyl adjacent to an activating group) is 1. The van der Waals surface area contributed by atoms with Gasteiger partial charge in [-0.1, -0.05) is 5.92 Å². The fourth-order valence-corrected chi connectivity index (χ4v) is 0.909. The van der Waals surface area contributed by atoms with Gasteiger partial charge in [-0.2, -0.15) is 0 Å². The van der Waals surface area contributed by atoms with Crippen molar-refractivity contribution in [1.82, 2.24) is 10.2 Å². The first kappa shape index (κ1) is 6.60. The van der Waals surface area contributed by atoms with Gasteiger partial charge in [-0.3, -0.25) is 4.90 Å². The van der Waals surface area contributed by atoms with Gasteiger partial charge in [0.15, 0.2) is 0 Å². The lowest BCUT2D eigenvalue weighted by Crippen LogP contribution is -2.66. The zero-order chi connectivity index (χ0) is 6.91. The molecule has 1 aliphatic heterocycles. The molecule has 1 N–H and O–H groups in total. The quantitative estimate of drug-likeness (QED) is 0.475. The number of hydrogen-bond donors (Lipinski definition) is 1. The van der Waals surface area contributed by atoms with Crippen molar-refractivity contribution in [1.29, 1.82) is 0 Å². The summed E-state index contributed by atoms with van der Waals surface area (Å²) >= 11 is 0. The van der Waals surface area contributed by atoms with E-state index in [1.807, 2.05) is 14.1 Å². The maximum Gasteiger partial charge on any atom is 0.107 e. The van der Waals surface area contributed by atoms with E-state index in [0.29, 0.717) is 0 Å². The van der Waals surface area contributed by atoms with E-state index in [0.717, 1.165) is 13.1 Å². The van der Waals surface area contributed by atoms with Crippen molar-refractivity contribution < 1.29 is 0 Å². The van der Waals surface area contributed by atoms with E-state index in [4.69, 9.17) is 6.42 Å². The molecule has 1 saturated heterocycles. The van der Waals surface area contributed by atoms with Gasteiger partial charge in [0.2, 0.25) is 0 Å². The normalized spacial score (nSPS) is 22.9. The molecule has 0 saturated carbocycles. The summed E-state index contributed by atoms with van der Waals surface area (Å²) in [5.41, 5.74) is 0.0139. The summed E-state index contributed by atoms with van der Waals surface area (Å²) in [6, 6.07) is 0. The second-order valence-electron chi connectivity index (χ2n) is 2.67. The molecule has 0 aromatic heterocycles. The van der Waals surface area contributed by atoms with Crippen molar-refractivity contribution in [3.05, 3.63) is 0 Å². The van der Waals surface area contributed by atoms with Gasteiger partial charge in [-0.25, -0.2) is 0 Å². The Kier molecular flexibility index (Phi) is 1.48. The van der Waals surface area contributed by atoms with Crippen molar-refractivity contribution in [3.63, 3.8) is 0 Å². The highest BCUT2D eigenvalue weighted by molar-refractivity contribution is 5.20. The van der Waals surface area contributed by atoms with Crippen LogP contribution in [-0.4, -0.2) is 37.6 Å². The van der Waals surface area contributed by atoms with Gasteiger partial charge in [0, 0.05) is 13.1 Å². The Morgan fingerprint density at radius 2 is 2.11 bits per heavy atom. The minimum atomic E-state index is 0.0139. The third-order valence-corrected chi connectivity index (χ3v) is 1.96. The maximum absolute atomic E-state index is 5.34. The largest absolute Gasteiger partial charge is 0.311 e. The summed E-state index contributed by atoms with van der Waals surface area (Å²) < 4.78 is 0. The molecule has 1 heterocycles. The fourth-order valence-electron chi connectivity index (χ4n) is 0.909. The number of nitrogens with one attached hydrogen (secondary N) is 1. The zero-order valence-corrected chi connectivity index (χ0v) is 5.94. The topological polar surface area (TPSA) is 15.3 Å². The molecule has 0 aromatic rings. The molecule has 0 radical (unpaired) electrons. The van der Waals surface area contributed by atoms with Crippen LogP contribution in [0.15, 0.2) is 0 Å². The van der Waals surface area contributed by atoms with Crippen LogP contribution in [0.25, 0.3) is 0 Å². The Hall–Kier alpha value is -0.520. The minimum Gasteiger partial charge on any atom is -0.311 e. The lowest BCUT2D eigenvalue weighted by molar-refractivity contribution is 0.146. The zero-order valence-electron chi connectivity index (χ0n) is 5.94. The van der Waals surface area contributed by atoms with Gasteiger partial charge in [0.05, 0.1) is 0 Å². The summed E-state index contributed by atoms with van der Waals surface area (Å²) in [6.07, 6.45) is 5.34. The molecule has 1 rings (SSSR count). The average Bonchev–Trinajstić information content (AvgIpc) is 1.62. The molecule has 2 nitrogen and oxygen atoms in total. The third kappa shape index (κ3) is 0.827. The molecule has 1 aliphatic rings. The number of nitrogens with zero attached hydrogens (tertiary/aromatic N) is 1. The van der Waals surface area contributed by atoms with E-state index in [-0.39, 0.29) is 5.54 Å². The third-order valence-electron chi connectivity index (χ3n) is 1.96. The van der Waals surface area contributed by atoms with Crippen LogP contribution in [0.3, 0.4) is 0 Å². The second-order valence-corrected chi connectivity index (χ2v) is 2.67. The molecule has 0 unspecified atom stereocenters. The van der Waals surface area contributed by atoms with E-state index < -0.39 is 0 Å². The van der Waals surface area contributed by atoms with E-state index in [1.54, 1.807) is 0 Å². The molecule has 0 bridgehead atoms. The Morgan fingerprint density at radius 1 is 1.56 bits per heavy atom. The first-order valence-corrected chi connectivity index (χ1v) is 3.07. The highest BCUT2D eigenvalue weighted by Crippen LogP contribution is 2.14. The standard InChI is InChI=1S/C7H12N2/c1-4-7(9(2)3)5-8-6-7/h1,8H,5-6H2,2-3H3. The Labute approximate surface area is 56.2 Å². The predicted octanol–water partition coefficient (Wildman–Crippen LogP) is -0.477. The molecule has 1 fully saturated rings. The monoisotopic (exact) mass is 124 g/mol. The average molecular weight is 124 g/mol. The van der Waals surface area contributed by atoms with Gasteiger partial charge in [-0.05, 0) is 14.1 Å². The van der Waals surface area contributed by atoms with Crippen LogP contribution in [0.4, 0.5) is 0 Å². The van der Waals surface area contributed by atoms with Crippen LogP contribution in [0.5, 0.6) is 0 Å². The summed E-state index contributed by atoms with van der Waals surface area (Å²) in [7, 11) is 4.03. The molecule has 0 atom stereocenters. The summed E-state index contributed by atoms with van der Waals surface area (Å²) in [5.74, 6) is 2.78. The SMILES string of the molecule is C#CC1(N(C)C)CNC1. The van der Waals surface area contributed by atoms with Gasteiger partial charge in [-0.15, -0.1) is 6.42 Å². The number of hydrogen-bond acceptors (Lipinski definition) is 2. The minimum absolute atomic E-state index is 0.0139.